The molecule has 1 aliphatic carbocycles. The lowest BCUT2D eigenvalue weighted by Crippen LogP contribution is -2.52. The third kappa shape index (κ3) is 2.12. The van der Waals surface area contributed by atoms with E-state index in [1.807, 2.05) is 0 Å². The van der Waals surface area contributed by atoms with E-state index in [2.05, 4.69) is 57.1 Å². The minimum atomic E-state index is -0.186. The van der Waals surface area contributed by atoms with Gasteiger partial charge in [-0.25, -0.2) is 0 Å². The van der Waals surface area contributed by atoms with Crippen molar-refractivity contribution < 1.29 is 0 Å². The van der Waals surface area contributed by atoms with Crippen LogP contribution in [-0.4, -0.2) is 25.0 Å². The van der Waals surface area contributed by atoms with Gasteiger partial charge < -0.3 is 10.6 Å². The number of nitrogens with zero attached hydrogens (tertiary/aromatic N) is 1. The van der Waals surface area contributed by atoms with Crippen molar-refractivity contribution in [2.75, 3.05) is 14.1 Å². The lowest BCUT2D eigenvalue weighted by atomic mass is 9.81. The third-order valence-corrected chi connectivity index (χ3v) is 3.90. The maximum Gasteiger partial charge on any atom is 0.0575 e. The average molecular weight is 232 g/mol. The van der Waals surface area contributed by atoms with Gasteiger partial charge in [0.2, 0.25) is 0 Å². The molecule has 17 heavy (non-hydrogen) atoms. The molecule has 0 saturated carbocycles. The van der Waals surface area contributed by atoms with Crippen LogP contribution < -0.4 is 5.73 Å². The molecule has 1 aromatic carbocycles. The van der Waals surface area contributed by atoms with Gasteiger partial charge in [-0.3, -0.25) is 0 Å². The first kappa shape index (κ1) is 12.6. The summed E-state index contributed by atoms with van der Waals surface area (Å²) in [4.78, 5) is 2.28. The molecule has 0 saturated heterocycles. The van der Waals surface area contributed by atoms with Crippen LogP contribution in [0, 0.1) is 5.92 Å². The smallest absolute Gasteiger partial charge is 0.0575 e. The molecule has 2 nitrogen and oxygen atoms in total. The van der Waals surface area contributed by atoms with Crippen LogP contribution in [0.25, 0.3) is 0 Å². The summed E-state index contributed by atoms with van der Waals surface area (Å²) in [6.07, 6.45) is 2.12. The summed E-state index contributed by atoms with van der Waals surface area (Å²) < 4.78 is 0. The predicted octanol–water partition coefficient (Wildman–Crippen LogP) is 2.37. The second-order valence-corrected chi connectivity index (χ2v) is 5.98. The highest BCUT2D eigenvalue weighted by molar-refractivity contribution is 5.41. The summed E-state index contributed by atoms with van der Waals surface area (Å²) in [5.41, 5.74) is 9.37. The number of hydrogen-bond donors (Lipinski definition) is 1. The van der Waals surface area contributed by atoms with Crippen LogP contribution >= 0.6 is 0 Å². The standard InChI is InChI=1S/C15H24N2/c1-11(2)10-15(16)13-8-6-5-7-12(13)9-14(15)17(3)4/h5-8,11,14H,9-10,16H2,1-4H3. The van der Waals surface area contributed by atoms with Gasteiger partial charge in [0, 0.05) is 6.04 Å². The largest absolute Gasteiger partial charge is 0.320 e. The second kappa shape index (κ2) is 4.43. The van der Waals surface area contributed by atoms with Crippen molar-refractivity contribution in [3.05, 3.63) is 35.4 Å². The van der Waals surface area contributed by atoms with E-state index in [1.165, 1.54) is 11.1 Å². The van der Waals surface area contributed by atoms with Gasteiger partial charge in [-0.2, -0.15) is 0 Å². The van der Waals surface area contributed by atoms with Gasteiger partial charge in [-0.1, -0.05) is 38.1 Å². The number of rotatable bonds is 3. The van der Waals surface area contributed by atoms with E-state index in [0.29, 0.717) is 12.0 Å². The van der Waals surface area contributed by atoms with Gasteiger partial charge in [-0.05, 0) is 44.0 Å². The molecule has 0 heterocycles. The molecule has 2 heteroatoms. The topological polar surface area (TPSA) is 29.3 Å². The molecule has 2 rings (SSSR count). The van der Waals surface area contributed by atoms with Crippen LogP contribution in [0.4, 0.5) is 0 Å². The van der Waals surface area contributed by atoms with E-state index in [0.717, 1.165) is 12.8 Å². The van der Waals surface area contributed by atoms with Crippen molar-refractivity contribution in [2.45, 2.75) is 38.3 Å². The van der Waals surface area contributed by atoms with Crippen molar-refractivity contribution in [1.82, 2.24) is 4.90 Å². The van der Waals surface area contributed by atoms with Gasteiger partial charge in [0.05, 0.1) is 5.54 Å². The third-order valence-electron chi connectivity index (χ3n) is 3.90. The van der Waals surface area contributed by atoms with Crippen LogP contribution in [0.2, 0.25) is 0 Å². The fourth-order valence-electron chi connectivity index (χ4n) is 3.29. The highest BCUT2D eigenvalue weighted by Gasteiger charge is 2.44. The highest BCUT2D eigenvalue weighted by atomic mass is 15.1. The van der Waals surface area contributed by atoms with Crippen molar-refractivity contribution in [2.24, 2.45) is 11.7 Å². The van der Waals surface area contributed by atoms with Gasteiger partial charge in [-0.15, -0.1) is 0 Å². The van der Waals surface area contributed by atoms with Crippen molar-refractivity contribution in [1.29, 1.82) is 0 Å². The molecule has 94 valence electrons. The summed E-state index contributed by atoms with van der Waals surface area (Å²) in [6, 6.07) is 9.08. The Hall–Kier alpha value is -0.860. The number of fused-ring (bicyclic) bond motifs is 1. The Kier molecular flexibility index (Phi) is 3.28. The molecule has 2 atom stereocenters. The van der Waals surface area contributed by atoms with Gasteiger partial charge in [0.15, 0.2) is 0 Å². The maximum atomic E-state index is 6.78. The Labute approximate surface area is 105 Å². The zero-order valence-electron chi connectivity index (χ0n) is 11.4. The van der Waals surface area contributed by atoms with Gasteiger partial charge >= 0.3 is 0 Å². The van der Waals surface area contributed by atoms with Crippen molar-refractivity contribution in [3.8, 4) is 0 Å². The molecule has 2 unspecified atom stereocenters. The number of likely N-dealkylation sites (N-methyl/N-ethyl adjacent to an activating group) is 1. The van der Waals surface area contributed by atoms with Crippen molar-refractivity contribution >= 4 is 0 Å². The Morgan fingerprint density at radius 1 is 1.35 bits per heavy atom. The minimum Gasteiger partial charge on any atom is -0.320 e. The highest BCUT2D eigenvalue weighted by Crippen LogP contribution is 2.41. The van der Waals surface area contributed by atoms with E-state index in [-0.39, 0.29) is 5.54 Å². The molecule has 0 radical (unpaired) electrons. The van der Waals surface area contributed by atoms with Crippen LogP contribution in [0.1, 0.15) is 31.4 Å². The SMILES string of the molecule is CC(C)CC1(N)c2ccccc2CC1N(C)C. The number of benzene rings is 1. The van der Waals surface area contributed by atoms with Crippen LogP contribution in [0.3, 0.4) is 0 Å². The molecular weight excluding hydrogens is 208 g/mol. The predicted molar refractivity (Wildman–Crippen MR) is 72.9 cm³/mol. The molecule has 0 bridgehead atoms. The summed E-state index contributed by atoms with van der Waals surface area (Å²) in [6.45, 7) is 4.50. The summed E-state index contributed by atoms with van der Waals surface area (Å²) in [5, 5.41) is 0. The Morgan fingerprint density at radius 3 is 2.59 bits per heavy atom. The zero-order valence-corrected chi connectivity index (χ0v) is 11.4. The molecule has 0 aliphatic heterocycles. The van der Waals surface area contributed by atoms with Crippen LogP contribution in [0.5, 0.6) is 0 Å². The zero-order chi connectivity index (χ0) is 12.6. The van der Waals surface area contributed by atoms with E-state index in [1.54, 1.807) is 0 Å². The molecule has 1 aromatic rings. The van der Waals surface area contributed by atoms with Crippen LogP contribution in [-0.2, 0) is 12.0 Å². The molecular formula is C15H24N2. The van der Waals surface area contributed by atoms with Gasteiger partial charge in [0.1, 0.15) is 0 Å². The van der Waals surface area contributed by atoms with Crippen molar-refractivity contribution in [3.63, 3.8) is 0 Å². The lowest BCUT2D eigenvalue weighted by Gasteiger charge is -2.38. The fourth-order valence-corrected chi connectivity index (χ4v) is 3.29. The first-order valence-electron chi connectivity index (χ1n) is 6.49. The molecule has 0 fully saturated rings. The number of nitrogens with two attached hydrogens (primary N) is 1. The Balaban J connectivity index is 2.43. The normalized spacial score (nSPS) is 27.8. The summed E-state index contributed by atoms with van der Waals surface area (Å²) in [7, 11) is 4.27. The first-order valence-corrected chi connectivity index (χ1v) is 6.49. The van der Waals surface area contributed by atoms with Crippen LogP contribution in [0.15, 0.2) is 24.3 Å². The lowest BCUT2D eigenvalue weighted by molar-refractivity contribution is 0.169. The maximum absolute atomic E-state index is 6.78. The minimum absolute atomic E-state index is 0.186. The monoisotopic (exact) mass is 232 g/mol. The summed E-state index contributed by atoms with van der Waals surface area (Å²) in [5.74, 6) is 0.619. The van der Waals surface area contributed by atoms with E-state index < -0.39 is 0 Å². The molecule has 2 N–H and O–H groups in total. The molecule has 0 spiro atoms. The molecule has 1 aliphatic rings. The molecule has 0 amide bonds. The first-order chi connectivity index (χ1) is 7.95. The second-order valence-electron chi connectivity index (χ2n) is 5.98. The quantitative estimate of drug-likeness (QED) is 0.867. The Morgan fingerprint density at radius 2 is 2.00 bits per heavy atom. The fraction of sp³-hybridized carbons (Fsp3) is 0.600. The number of hydrogen-bond acceptors (Lipinski definition) is 2. The van der Waals surface area contributed by atoms with E-state index in [4.69, 9.17) is 5.73 Å². The van der Waals surface area contributed by atoms with E-state index >= 15 is 0 Å². The average Bonchev–Trinajstić information content (AvgIpc) is 2.52. The summed E-state index contributed by atoms with van der Waals surface area (Å²) >= 11 is 0. The van der Waals surface area contributed by atoms with Gasteiger partial charge in [0.25, 0.3) is 0 Å². The molecule has 0 aromatic heterocycles. The Bertz CT molecular complexity index is 398. The van der Waals surface area contributed by atoms with E-state index in [9.17, 15) is 0 Å².